The van der Waals surface area contributed by atoms with E-state index < -0.39 is 12.2 Å². The lowest BCUT2D eigenvalue weighted by atomic mass is 10.3. The molecule has 0 N–H and O–H groups in total. The van der Waals surface area contributed by atoms with Crippen LogP contribution >= 0.6 is 0 Å². The van der Waals surface area contributed by atoms with Crippen LogP contribution in [-0.4, -0.2) is 42.0 Å². The number of hydrogen-bond acceptors (Lipinski definition) is 4. The molecule has 0 atom stereocenters. The molecule has 17 heavy (non-hydrogen) atoms. The Morgan fingerprint density at radius 3 is 2.47 bits per heavy atom. The minimum atomic E-state index is -0.644. The van der Waals surface area contributed by atoms with Gasteiger partial charge in [0.25, 0.3) is 0 Å². The van der Waals surface area contributed by atoms with E-state index in [0.717, 1.165) is 10.0 Å². The molecule has 0 saturated heterocycles. The third-order valence-corrected chi connectivity index (χ3v) is 2.02. The van der Waals surface area contributed by atoms with Crippen molar-refractivity contribution in [2.75, 3.05) is 19.8 Å². The average molecular weight is 240 g/mol. The van der Waals surface area contributed by atoms with Crippen LogP contribution in [-0.2, 0) is 9.47 Å². The normalized spacial score (nSPS) is 14.8. The smallest absolute Gasteiger partial charge is 0.433 e. The summed E-state index contributed by atoms with van der Waals surface area (Å²) in [6.45, 7) is 7.78. The highest BCUT2D eigenvalue weighted by molar-refractivity contribution is 5.76. The summed E-state index contributed by atoms with van der Waals surface area (Å²) in [5.41, 5.74) is 0.364. The minimum absolute atomic E-state index is 0.225. The van der Waals surface area contributed by atoms with E-state index in [0.29, 0.717) is 5.70 Å². The van der Waals surface area contributed by atoms with Gasteiger partial charge in [-0.25, -0.2) is 14.6 Å². The maximum atomic E-state index is 11.7. The number of carbonyl (C=O) groups excluding carboxylic acids is 2. The Kier molecular flexibility index (Phi) is 4.56. The van der Waals surface area contributed by atoms with Gasteiger partial charge < -0.3 is 9.47 Å². The summed E-state index contributed by atoms with van der Waals surface area (Å²) in [4.78, 5) is 23.3. The molecule has 0 spiro atoms. The summed E-state index contributed by atoms with van der Waals surface area (Å²) in [6, 6.07) is 0. The van der Waals surface area contributed by atoms with Gasteiger partial charge in [0.15, 0.2) is 0 Å². The van der Waals surface area contributed by atoms with Gasteiger partial charge in [-0.2, -0.15) is 5.01 Å². The van der Waals surface area contributed by atoms with E-state index in [-0.39, 0.29) is 19.8 Å². The minimum Gasteiger partial charge on any atom is -0.448 e. The fourth-order valence-electron chi connectivity index (χ4n) is 1.35. The average Bonchev–Trinajstić information content (AvgIpc) is 2.29. The number of carbonyl (C=O) groups is 2. The van der Waals surface area contributed by atoms with E-state index in [1.807, 2.05) is 0 Å². The van der Waals surface area contributed by atoms with Crippen molar-refractivity contribution in [3.05, 3.63) is 24.4 Å². The zero-order valence-electron chi connectivity index (χ0n) is 10.0. The van der Waals surface area contributed by atoms with Crippen molar-refractivity contribution in [1.82, 2.24) is 10.0 Å². The second-order valence-electron chi connectivity index (χ2n) is 3.19. The molecule has 1 rings (SSSR count). The second-order valence-corrected chi connectivity index (χ2v) is 3.19. The first kappa shape index (κ1) is 13.1. The monoisotopic (exact) mass is 240 g/mol. The van der Waals surface area contributed by atoms with Gasteiger partial charge in [-0.15, -0.1) is 0 Å². The zero-order chi connectivity index (χ0) is 12.8. The van der Waals surface area contributed by atoms with Gasteiger partial charge in [0.2, 0.25) is 0 Å². The highest BCUT2D eigenvalue weighted by Gasteiger charge is 2.31. The number of amides is 2. The molecule has 0 aromatic rings. The predicted octanol–water partition coefficient (Wildman–Crippen LogP) is 1.90. The Balaban J connectivity index is 2.86. The summed E-state index contributed by atoms with van der Waals surface area (Å²) >= 11 is 0. The summed E-state index contributed by atoms with van der Waals surface area (Å²) in [5, 5.41) is 2.21. The lowest BCUT2D eigenvalue weighted by Gasteiger charge is -2.34. The number of hydrogen-bond donors (Lipinski definition) is 0. The molecular formula is C11H16N2O4. The van der Waals surface area contributed by atoms with Crippen molar-refractivity contribution in [3.63, 3.8) is 0 Å². The van der Waals surface area contributed by atoms with Crippen LogP contribution in [0.2, 0.25) is 0 Å². The molecule has 0 aromatic carbocycles. The van der Waals surface area contributed by atoms with Crippen molar-refractivity contribution in [2.24, 2.45) is 0 Å². The highest BCUT2D eigenvalue weighted by atomic mass is 16.6. The zero-order valence-corrected chi connectivity index (χ0v) is 10.0. The van der Waals surface area contributed by atoms with Gasteiger partial charge in [0, 0.05) is 0 Å². The van der Waals surface area contributed by atoms with Crippen LogP contribution in [0, 0.1) is 0 Å². The van der Waals surface area contributed by atoms with Crippen molar-refractivity contribution < 1.29 is 19.1 Å². The molecule has 6 nitrogen and oxygen atoms in total. The number of ether oxygens (including phenoxy) is 2. The highest BCUT2D eigenvalue weighted by Crippen LogP contribution is 2.16. The summed E-state index contributed by atoms with van der Waals surface area (Å²) < 4.78 is 9.70. The quantitative estimate of drug-likeness (QED) is 0.739. The Morgan fingerprint density at radius 1 is 1.29 bits per heavy atom. The molecule has 0 radical (unpaired) electrons. The fraction of sp³-hybridized carbons (Fsp3) is 0.455. The number of rotatable bonds is 2. The third-order valence-electron chi connectivity index (χ3n) is 2.02. The van der Waals surface area contributed by atoms with Crippen LogP contribution < -0.4 is 0 Å². The number of hydrazine groups is 1. The summed E-state index contributed by atoms with van der Waals surface area (Å²) in [6.07, 6.45) is 2.11. The van der Waals surface area contributed by atoms with Gasteiger partial charge in [0.05, 0.1) is 25.5 Å². The van der Waals surface area contributed by atoms with Gasteiger partial charge in [-0.3, -0.25) is 0 Å². The van der Waals surface area contributed by atoms with Crippen molar-refractivity contribution in [1.29, 1.82) is 0 Å². The Bertz CT molecular complexity index is 351. The van der Waals surface area contributed by atoms with E-state index in [2.05, 4.69) is 6.58 Å². The van der Waals surface area contributed by atoms with E-state index in [1.165, 1.54) is 0 Å². The standard InChI is InChI=1S/C11H16N2O4/c1-4-16-10(14)12-8-6-7-9(3)13(12)11(15)17-5-2/h6-7H,3-5,8H2,1-2H3. The lowest BCUT2D eigenvalue weighted by Crippen LogP contribution is -2.50. The summed E-state index contributed by atoms with van der Waals surface area (Å²) in [7, 11) is 0. The Hall–Kier alpha value is -1.98. The molecule has 94 valence electrons. The van der Waals surface area contributed by atoms with E-state index >= 15 is 0 Å². The first-order valence-corrected chi connectivity index (χ1v) is 5.38. The van der Waals surface area contributed by atoms with Crippen molar-refractivity contribution in [3.8, 4) is 0 Å². The van der Waals surface area contributed by atoms with Crippen molar-refractivity contribution in [2.45, 2.75) is 13.8 Å². The molecule has 0 unspecified atom stereocenters. The van der Waals surface area contributed by atoms with E-state index in [9.17, 15) is 9.59 Å². The first-order chi connectivity index (χ1) is 8.11. The molecule has 1 aliphatic heterocycles. The van der Waals surface area contributed by atoms with E-state index in [1.54, 1.807) is 26.0 Å². The van der Waals surface area contributed by atoms with Gasteiger partial charge in [0.1, 0.15) is 0 Å². The van der Waals surface area contributed by atoms with Crippen molar-refractivity contribution >= 4 is 12.2 Å². The van der Waals surface area contributed by atoms with E-state index in [4.69, 9.17) is 9.47 Å². The number of allylic oxidation sites excluding steroid dienone is 1. The molecule has 0 fully saturated rings. The van der Waals surface area contributed by atoms with Crippen LogP contribution in [0.25, 0.3) is 0 Å². The largest absolute Gasteiger partial charge is 0.448 e. The van der Waals surface area contributed by atoms with Crippen LogP contribution in [0.15, 0.2) is 24.4 Å². The van der Waals surface area contributed by atoms with Crippen LogP contribution in [0.4, 0.5) is 9.59 Å². The van der Waals surface area contributed by atoms with Crippen LogP contribution in [0.1, 0.15) is 13.8 Å². The molecule has 0 aromatic heterocycles. The Labute approximate surface area is 100 Å². The molecule has 0 bridgehead atoms. The number of nitrogens with zero attached hydrogens (tertiary/aromatic N) is 2. The van der Waals surface area contributed by atoms with Gasteiger partial charge in [-0.1, -0.05) is 12.7 Å². The Morgan fingerprint density at radius 2 is 1.88 bits per heavy atom. The van der Waals surface area contributed by atoms with Gasteiger partial charge in [-0.05, 0) is 19.9 Å². The molecule has 0 aliphatic carbocycles. The maximum absolute atomic E-state index is 11.7. The van der Waals surface area contributed by atoms with Crippen LogP contribution in [0.3, 0.4) is 0 Å². The molecule has 1 heterocycles. The predicted molar refractivity (Wildman–Crippen MR) is 60.9 cm³/mol. The third kappa shape index (κ3) is 2.99. The lowest BCUT2D eigenvalue weighted by molar-refractivity contribution is 0.00481. The second kappa shape index (κ2) is 5.93. The maximum Gasteiger partial charge on any atom is 0.433 e. The fourth-order valence-corrected chi connectivity index (χ4v) is 1.35. The molecule has 1 aliphatic rings. The summed E-state index contributed by atoms with van der Waals surface area (Å²) in [5.74, 6) is 0. The molecule has 6 heteroatoms. The molecule has 0 saturated carbocycles. The molecular weight excluding hydrogens is 224 g/mol. The SMILES string of the molecule is C=C1C=CCN(C(=O)OCC)N1C(=O)OCC. The van der Waals surface area contributed by atoms with Crippen LogP contribution in [0.5, 0.6) is 0 Å². The molecule has 2 amide bonds. The topological polar surface area (TPSA) is 59.1 Å². The van der Waals surface area contributed by atoms with Gasteiger partial charge >= 0.3 is 12.2 Å². The first-order valence-electron chi connectivity index (χ1n) is 5.38.